The molecule has 0 aromatic heterocycles. The van der Waals surface area contributed by atoms with E-state index < -0.39 is 0 Å². The van der Waals surface area contributed by atoms with Gasteiger partial charge in [0.25, 0.3) is 0 Å². The molecule has 1 aromatic carbocycles. The number of hydrogen-bond donors (Lipinski definition) is 1. The predicted molar refractivity (Wildman–Crippen MR) is 48.1 cm³/mol. The average molecular weight is 177 g/mol. The van der Waals surface area contributed by atoms with Crippen LogP contribution in [0.25, 0.3) is 0 Å². The van der Waals surface area contributed by atoms with Crippen LogP contribution in [-0.2, 0) is 6.42 Å². The fourth-order valence-corrected chi connectivity index (χ4v) is 1.94. The monoisotopic (exact) mass is 177 g/mol. The van der Waals surface area contributed by atoms with Crippen molar-refractivity contribution in [1.82, 2.24) is 0 Å². The number of benzene rings is 1. The molecule has 3 rings (SSSR count). The van der Waals surface area contributed by atoms with Gasteiger partial charge in [-0.05, 0) is 0 Å². The number of rotatable bonds is 0. The summed E-state index contributed by atoms with van der Waals surface area (Å²) in [6.45, 7) is 1.35. The SMILES string of the molecule is N[C@@H]1COc2c1ccc1c2OCC1. The maximum Gasteiger partial charge on any atom is 0.166 e. The molecule has 13 heavy (non-hydrogen) atoms. The average Bonchev–Trinajstić information content (AvgIpc) is 2.70. The fraction of sp³-hybridized carbons (Fsp3) is 0.400. The zero-order chi connectivity index (χ0) is 8.84. The second kappa shape index (κ2) is 2.39. The van der Waals surface area contributed by atoms with Gasteiger partial charge in [0.15, 0.2) is 11.5 Å². The van der Waals surface area contributed by atoms with E-state index in [-0.39, 0.29) is 6.04 Å². The van der Waals surface area contributed by atoms with E-state index in [4.69, 9.17) is 15.2 Å². The molecule has 3 nitrogen and oxygen atoms in total. The largest absolute Gasteiger partial charge is 0.489 e. The smallest absolute Gasteiger partial charge is 0.166 e. The van der Waals surface area contributed by atoms with E-state index in [0.717, 1.165) is 30.1 Å². The Morgan fingerprint density at radius 2 is 2.15 bits per heavy atom. The summed E-state index contributed by atoms with van der Waals surface area (Å²) in [7, 11) is 0. The first kappa shape index (κ1) is 7.21. The summed E-state index contributed by atoms with van der Waals surface area (Å²) in [6, 6.07) is 4.17. The third kappa shape index (κ3) is 0.877. The van der Waals surface area contributed by atoms with E-state index in [1.54, 1.807) is 0 Å². The highest BCUT2D eigenvalue weighted by Crippen LogP contribution is 2.43. The van der Waals surface area contributed by atoms with Gasteiger partial charge in [0.1, 0.15) is 6.61 Å². The van der Waals surface area contributed by atoms with E-state index in [1.807, 2.05) is 0 Å². The zero-order valence-electron chi connectivity index (χ0n) is 7.25. The van der Waals surface area contributed by atoms with Crippen molar-refractivity contribution in [2.75, 3.05) is 13.2 Å². The van der Waals surface area contributed by atoms with Gasteiger partial charge < -0.3 is 15.2 Å². The Bertz CT molecular complexity index is 362. The number of hydrogen-bond acceptors (Lipinski definition) is 3. The molecule has 0 fully saturated rings. The molecule has 2 heterocycles. The van der Waals surface area contributed by atoms with Gasteiger partial charge in [0, 0.05) is 17.5 Å². The van der Waals surface area contributed by atoms with Gasteiger partial charge in [0.2, 0.25) is 0 Å². The normalized spacial score (nSPS) is 23.3. The molecule has 0 saturated carbocycles. The van der Waals surface area contributed by atoms with Crippen LogP contribution in [0.5, 0.6) is 11.5 Å². The second-order valence-corrected chi connectivity index (χ2v) is 3.49. The summed E-state index contributed by atoms with van der Waals surface area (Å²) in [6.07, 6.45) is 0.987. The van der Waals surface area contributed by atoms with E-state index in [2.05, 4.69) is 12.1 Å². The highest BCUT2D eigenvalue weighted by molar-refractivity contribution is 5.56. The molecule has 0 spiro atoms. The van der Waals surface area contributed by atoms with Crippen molar-refractivity contribution in [2.45, 2.75) is 12.5 Å². The van der Waals surface area contributed by atoms with E-state index >= 15 is 0 Å². The lowest BCUT2D eigenvalue weighted by Gasteiger charge is -2.05. The number of nitrogens with two attached hydrogens (primary N) is 1. The lowest BCUT2D eigenvalue weighted by molar-refractivity contribution is 0.300. The topological polar surface area (TPSA) is 44.5 Å². The third-order valence-electron chi connectivity index (χ3n) is 2.65. The van der Waals surface area contributed by atoms with Gasteiger partial charge >= 0.3 is 0 Å². The van der Waals surface area contributed by atoms with Gasteiger partial charge in [0.05, 0.1) is 12.6 Å². The molecule has 0 saturated heterocycles. The van der Waals surface area contributed by atoms with Gasteiger partial charge in [-0.2, -0.15) is 0 Å². The molecule has 1 atom stereocenters. The Balaban J connectivity index is 2.21. The summed E-state index contributed by atoms with van der Waals surface area (Å²) >= 11 is 0. The van der Waals surface area contributed by atoms with Gasteiger partial charge in [-0.15, -0.1) is 0 Å². The maximum atomic E-state index is 5.86. The van der Waals surface area contributed by atoms with Crippen LogP contribution in [0.1, 0.15) is 17.2 Å². The molecule has 1 aromatic rings. The lowest BCUT2D eigenvalue weighted by atomic mass is 10.1. The Hall–Kier alpha value is -1.22. The predicted octanol–water partition coefficient (Wildman–Crippen LogP) is 1.01. The molecule has 0 aliphatic carbocycles. The first-order chi connectivity index (χ1) is 6.36. The Kier molecular flexibility index (Phi) is 1.32. The quantitative estimate of drug-likeness (QED) is 0.643. The minimum Gasteiger partial charge on any atom is -0.489 e. The highest BCUT2D eigenvalue weighted by atomic mass is 16.5. The van der Waals surface area contributed by atoms with Crippen molar-refractivity contribution in [2.24, 2.45) is 5.73 Å². The van der Waals surface area contributed by atoms with Crippen LogP contribution in [0, 0.1) is 0 Å². The third-order valence-corrected chi connectivity index (χ3v) is 2.65. The molecule has 3 heteroatoms. The Morgan fingerprint density at radius 3 is 3.08 bits per heavy atom. The molecular formula is C10H11NO2. The maximum absolute atomic E-state index is 5.86. The molecule has 2 N–H and O–H groups in total. The van der Waals surface area contributed by atoms with E-state index in [1.165, 1.54) is 5.56 Å². The van der Waals surface area contributed by atoms with Crippen molar-refractivity contribution in [1.29, 1.82) is 0 Å². The van der Waals surface area contributed by atoms with Crippen molar-refractivity contribution in [3.63, 3.8) is 0 Å². The van der Waals surface area contributed by atoms with E-state index in [9.17, 15) is 0 Å². The standard InChI is InChI=1S/C10H11NO2/c11-8-5-13-10-7(8)2-1-6-3-4-12-9(6)10/h1-2,8H,3-5,11H2/t8-/m1/s1. The summed E-state index contributed by atoms with van der Waals surface area (Å²) in [4.78, 5) is 0. The van der Waals surface area contributed by atoms with Crippen LogP contribution in [0.2, 0.25) is 0 Å². The van der Waals surface area contributed by atoms with E-state index in [0.29, 0.717) is 6.61 Å². The molecule has 2 aliphatic heterocycles. The summed E-state index contributed by atoms with van der Waals surface area (Å²) < 4.78 is 11.0. The highest BCUT2D eigenvalue weighted by Gasteiger charge is 2.28. The Morgan fingerprint density at radius 1 is 1.23 bits per heavy atom. The first-order valence-electron chi connectivity index (χ1n) is 4.53. The molecule has 0 bridgehead atoms. The lowest BCUT2D eigenvalue weighted by Crippen LogP contribution is -2.10. The van der Waals surface area contributed by atoms with Crippen LogP contribution < -0.4 is 15.2 Å². The van der Waals surface area contributed by atoms with Gasteiger partial charge in [-0.1, -0.05) is 12.1 Å². The van der Waals surface area contributed by atoms with Gasteiger partial charge in [-0.3, -0.25) is 0 Å². The van der Waals surface area contributed by atoms with Crippen molar-refractivity contribution >= 4 is 0 Å². The first-order valence-corrected chi connectivity index (χ1v) is 4.53. The van der Waals surface area contributed by atoms with Crippen LogP contribution in [0.3, 0.4) is 0 Å². The van der Waals surface area contributed by atoms with Gasteiger partial charge in [-0.25, -0.2) is 0 Å². The van der Waals surface area contributed by atoms with Crippen LogP contribution in [0.4, 0.5) is 0 Å². The summed E-state index contributed by atoms with van der Waals surface area (Å²) in [5.41, 5.74) is 8.19. The van der Waals surface area contributed by atoms with Crippen molar-refractivity contribution < 1.29 is 9.47 Å². The molecule has 2 aliphatic rings. The molecule has 0 unspecified atom stereocenters. The molecular weight excluding hydrogens is 166 g/mol. The summed E-state index contributed by atoms with van der Waals surface area (Å²) in [5, 5.41) is 0. The zero-order valence-corrected chi connectivity index (χ0v) is 7.25. The molecule has 0 amide bonds. The van der Waals surface area contributed by atoms with Crippen molar-refractivity contribution in [3.8, 4) is 11.5 Å². The minimum absolute atomic E-state index is 0.0181. The number of ether oxygens (including phenoxy) is 2. The van der Waals surface area contributed by atoms with Crippen LogP contribution in [-0.4, -0.2) is 13.2 Å². The molecule has 68 valence electrons. The van der Waals surface area contributed by atoms with Crippen LogP contribution in [0.15, 0.2) is 12.1 Å². The minimum atomic E-state index is 0.0181. The fourth-order valence-electron chi connectivity index (χ4n) is 1.94. The van der Waals surface area contributed by atoms with Crippen LogP contribution >= 0.6 is 0 Å². The molecule has 0 radical (unpaired) electrons. The van der Waals surface area contributed by atoms with Crippen molar-refractivity contribution in [3.05, 3.63) is 23.3 Å². The summed E-state index contributed by atoms with van der Waals surface area (Å²) in [5.74, 6) is 1.80. The second-order valence-electron chi connectivity index (χ2n) is 3.49. The number of fused-ring (bicyclic) bond motifs is 3. The Labute approximate surface area is 76.4 Å².